The highest BCUT2D eigenvalue weighted by Crippen LogP contribution is 2.23. The van der Waals surface area contributed by atoms with E-state index >= 15 is 0 Å². The Kier molecular flexibility index (Phi) is 4.78. The Labute approximate surface area is 166 Å². The van der Waals surface area contributed by atoms with Gasteiger partial charge in [0.25, 0.3) is 5.91 Å². The van der Waals surface area contributed by atoms with Crippen molar-refractivity contribution in [2.24, 2.45) is 0 Å². The first-order valence-electron chi connectivity index (χ1n) is 8.92. The van der Waals surface area contributed by atoms with Crippen molar-refractivity contribution in [2.45, 2.75) is 13.8 Å². The summed E-state index contributed by atoms with van der Waals surface area (Å²) in [5.74, 6) is -0.109. The van der Waals surface area contributed by atoms with Crippen LogP contribution in [0.1, 0.15) is 21.7 Å². The fourth-order valence-corrected chi connectivity index (χ4v) is 2.90. The SMILES string of the molecule is Cc1cc(C)nc(Oc2cccc(NC(=O)c3cc4ccccc4oc3=O)c2)n1. The second kappa shape index (κ2) is 7.55. The maximum Gasteiger partial charge on any atom is 0.349 e. The summed E-state index contributed by atoms with van der Waals surface area (Å²) >= 11 is 0. The molecule has 2 heterocycles. The fourth-order valence-electron chi connectivity index (χ4n) is 2.90. The zero-order valence-electron chi connectivity index (χ0n) is 15.8. The number of benzene rings is 2. The van der Waals surface area contributed by atoms with Crippen LogP contribution in [0.3, 0.4) is 0 Å². The van der Waals surface area contributed by atoms with Gasteiger partial charge in [-0.05, 0) is 44.2 Å². The van der Waals surface area contributed by atoms with Crippen LogP contribution in [0.5, 0.6) is 11.8 Å². The van der Waals surface area contributed by atoms with Crippen molar-refractivity contribution in [2.75, 3.05) is 5.32 Å². The second-order valence-corrected chi connectivity index (χ2v) is 6.50. The Bertz CT molecular complexity index is 1260. The Balaban J connectivity index is 1.57. The number of fused-ring (bicyclic) bond motifs is 1. The summed E-state index contributed by atoms with van der Waals surface area (Å²) in [7, 11) is 0. The molecule has 2 aromatic heterocycles. The maximum atomic E-state index is 12.6. The first kappa shape index (κ1) is 18.4. The van der Waals surface area contributed by atoms with E-state index in [1.165, 1.54) is 6.07 Å². The molecule has 0 bridgehead atoms. The molecule has 7 heteroatoms. The molecule has 0 radical (unpaired) electrons. The van der Waals surface area contributed by atoms with E-state index < -0.39 is 11.5 Å². The molecule has 0 spiro atoms. The highest BCUT2D eigenvalue weighted by Gasteiger charge is 2.14. The highest BCUT2D eigenvalue weighted by atomic mass is 16.5. The smallest absolute Gasteiger partial charge is 0.349 e. The summed E-state index contributed by atoms with van der Waals surface area (Å²) in [6.07, 6.45) is 0. The molecule has 4 rings (SSSR count). The van der Waals surface area contributed by atoms with Crippen LogP contribution in [0, 0.1) is 13.8 Å². The Hall–Kier alpha value is -4.00. The monoisotopic (exact) mass is 387 g/mol. The first-order valence-corrected chi connectivity index (χ1v) is 8.92. The average Bonchev–Trinajstić information content (AvgIpc) is 2.67. The van der Waals surface area contributed by atoms with Crippen molar-refractivity contribution in [3.05, 3.63) is 88.0 Å². The molecule has 29 heavy (non-hydrogen) atoms. The molecule has 0 aliphatic carbocycles. The number of nitrogens with one attached hydrogen (secondary N) is 1. The van der Waals surface area contributed by atoms with E-state index in [1.54, 1.807) is 48.5 Å². The molecule has 0 saturated carbocycles. The number of nitrogens with zero attached hydrogens (tertiary/aromatic N) is 2. The van der Waals surface area contributed by atoms with E-state index in [0.717, 1.165) is 11.4 Å². The second-order valence-electron chi connectivity index (χ2n) is 6.50. The van der Waals surface area contributed by atoms with E-state index in [0.29, 0.717) is 22.4 Å². The summed E-state index contributed by atoms with van der Waals surface area (Å²) in [6.45, 7) is 3.71. The van der Waals surface area contributed by atoms with Gasteiger partial charge in [0.1, 0.15) is 16.9 Å². The molecule has 0 fully saturated rings. The summed E-state index contributed by atoms with van der Waals surface area (Å²) in [6, 6.07) is 17.4. The number of anilines is 1. The maximum absolute atomic E-state index is 12.6. The van der Waals surface area contributed by atoms with Gasteiger partial charge < -0.3 is 14.5 Å². The van der Waals surface area contributed by atoms with E-state index in [1.807, 2.05) is 19.9 Å². The Morgan fingerprint density at radius 3 is 2.52 bits per heavy atom. The molecule has 0 saturated heterocycles. The van der Waals surface area contributed by atoms with Crippen LogP contribution < -0.4 is 15.7 Å². The van der Waals surface area contributed by atoms with Gasteiger partial charge in [-0.15, -0.1) is 0 Å². The topological polar surface area (TPSA) is 94.3 Å². The van der Waals surface area contributed by atoms with Crippen molar-refractivity contribution in [3.63, 3.8) is 0 Å². The standard InChI is InChI=1S/C22H17N3O4/c1-13-10-14(2)24-22(23-13)28-17-8-5-7-16(12-17)25-20(26)18-11-15-6-3-4-9-19(15)29-21(18)27/h3-12H,1-2H3,(H,25,26). The Morgan fingerprint density at radius 2 is 1.72 bits per heavy atom. The fraction of sp³-hybridized carbons (Fsp3) is 0.0909. The van der Waals surface area contributed by atoms with Gasteiger partial charge in [-0.3, -0.25) is 4.79 Å². The minimum atomic E-state index is -0.697. The third kappa shape index (κ3) is 4.14. The highest BCUT2D eigenvalue weighted by molar-refractivity contribution is 6.05. The van der Waals surface area contributed by atoms with Gasteiger partial charge in [-0.25, -0.2) is 14.8 Å². The van der Waals surface area contributed by atoms with Crippen molar-refractivity contribution in [1.29, 1.82) is 0 Å². The molecule has 0 unspecified atom stereocenters. The Morgan fingerprint density at radius 1 is 0.966 bits per heavy atom. The molecule has 4 aromatic rings. The van der Waals surface area contributed by atoms with Crippen LogP contribution in [-0.2, 0) is 0 Å². The molecule has 1 amide bonds. The van der Waals surface area contributed by atoms with Crippen LogP contribution in [0.2, 0.25) is 0 Å². The third-order valence-corrected chi connectivity index (χ3v) is 4.15. The lowest BCUT2D eigenvalue weighted by atomic mass is 10.1. The van der Waals surface area contributed by atoms with Crippen molar-refractivity contribution in [3.8, 4) is 11.8 Å². The molecule has 144 valence electrons. The molecule has 0 aliphatic rings. The lowest BCUT2D eigenvalue weighted by Crippen LogP contribution is -2.20. The number of rotatable bonds is 4. The zero-order chi connectivity index (χ0) is 20.4. The number of aromatic nitrogens is 2. The van der Waals surface area contributed by atoms with Crippen molar-refractivity contribution >= 4 is 22.6 Å². The van der Waals surface area contributed by atoms with Crippen molar-refractivity contribution in [1.82, 2.24) is 9.97 Å². The number of carbonyl (C=O) groups is 1. The zero-order valence-corrected chi connectivity index (χ0v) is 15.8. The number of hydrogen-bond acceptors (Lipinski definition) is 6. The number of carbonyl (C=O) groups excluding carboxylic acids is 1. The normalized spacial score (nSPS) is 10.7. The van der Waals surface area contributed by atoms with Gasteiger partial charge in [0.2, 0.25) is 0 Å². The van der Waals surface area contributed by atoms with Gasteiger partial charge in [0, 0.05) is 28.5 Å². The van der Waals surface area contributed by atoms with Crippen LogP contribution in [0.25, 0.3) is 11.0 Å². The van der Waals surface area contributed by atoms with E-state index in [4.69, 9.17) is 9.15 Å². The predicted octanol–water partition coefficient (Wildman–Crippen LogP) is 4.24. The summed E-state index contributed by atoms with van der Waals surface area (Å²) < 4.78 is 10.9. The molecule has 1 N–H and O–H groups in total. The van der Waals surface area contributed by atoms with Gasteiger partial charge in [-0.1, -0.05) is 24.3 Å². The van der Waals surface area contributed by atoms with Gasteiger partial charge in [0.15, 0.2) is 0 Å². The molecule has 7 nitrogen and oxygen atoms in total. The average molecular weight is 387 g/mol. The van der Waals surface area contributed by atoms with Gasteiger partial charge >= 0.3 is 11.6 Å². The number of amides is 1. The minimum Gasteiger partial charge on any atom is -0.424 e. The van der Waals surface area contributed by atoms with E-state index in [2.05, 4.69) is 15.3 Å². The van der Waals surface area contributed by atoms with Crippen LogP contribution >= 0.6 is 0 Å². The lowest BCUT2D eigenvalue weighted by Gasteiger charge is -2.09. The van der Waals surface area contributed by atoms with Crippen LogP contribution in [0.4, 0.5) is 5.69 Å². The first-order chi connectivity index (χ1) is 14.0. The largest absolute Gasteiger partial charge is 0.424 e. The molecular weight excluding hydrogens is 370 g/mol. The van der Waals surface area contributed by atoms with E-state index in [-0.39, 0.29) is 11.6 Å². The van der Waals surface area contributed by atoms with Crippen LogP contribution in [0.15, 0.2) is 69.9 Å². The number of hydrogen-bond donors (Lipinski definition) is 1. The van der Waals surface area contributed by atoms with E-state index in [9.17, 15) is 9.59 Å². The summed E-state index contributed by atoms with van der Waals surface area (Å²) in [5, 5.41) is 3.36. The predicted molar refractivity (Wildman–Crippen MR) is 108 cm³/mol. The molecular formula is C22H17N3O4. The summed E-state index contributed by atoms with van der Waals surface area (Å²) in [4.78, 5) is 33.2. The minimum absolute atomic E-state index is 0.0762. The number of para-hydroxylation sites is 1. The molecule has 0 atom stereocenters. The number of aryl methyl sites for hydroxylation is 2. The lowest BCUT2D eigenvalue weighted by molar-refractivity contribution is 0.102. The van der Waals surface area contributed by atoms with Gasteiger partial charge in [0.05, 0.1) is 0 Å². The summed E-state index contributed by atoms with van der Waals surface area (Å²) in [5.41, 5.74) is 1.70. The number of ether oxygens (including phenoxy) is 1. The molecule has 2 aromatic carbocycles. The van der Waals surface area contributed by atoms with Crippen LogP contribution in [-0.4, -0.2) is 15.9 Å². The molecule has 0 aliphatic heterocycles. The van der Waals surface area contributed by atoms with Gasteiger partial charge in [-0.2, -0.15) is 0 Å². The third-order valence-electron chi connectivity index (χ3n) is 4.15. The quantitative estimate of drug-likeness (QED) is 0.526. The van der Waals surface area contributed by atoms with Crippen molar-refractivity contribution < 1.29 is 13.9 Å².